The zero-order valence-corrected chi connectivity index (χ0v) is 14.9. The summed E-state index contributed by atoms with van der Waals surface area (Å²) in [5.41, 5.74) is 1.19. The molecule has 3 rings (SSSR count). The number of furan rings is 1. The molecule has 5 nitrogen and oxygen atoms in total. The second kappa shape index (κ2) is 8.32. The van der Waals surface area contributed by atoms with E-state index in [0.29, 0.717) is 32.7 Å². The standard InChI is InChI=1S/C20H26N2O3/c1-16-11-22(12-17(2)25-16)20(23)15-21(14-19-9-6-10-24-19)13-18-7-4-3-5-8-18/h3-10,16-17H,11-15H2,1-2H3. The van der Waals surface area contributed by atoms with Crippen LogP contribution in [0.25, 0.3) is 0 Å². The lowest BCUT2D eigenvalue weighted by Crippen LogP contribution is -2.50. The molecule has 1 amide bonds. The summed E-state index contributed by atoms with van der Waals surface area (Å²) in [5.74, 6) is 1.01. The largest absolute Gasteiger partial charge is 0.468 e. The molecule has 0 radical (unpaired) electrons. The van der Waals surface area contributed by atoms with Gasteiger partial charge in [-0.25, -0.2) is 0 Å². The normalized spacial score (nSPS) is 20.8. The molecule has 1 saturated heterocycles. The molecule has 0 aliphatic carbocycles. The van der Waals surface area contributed by atoms with Crippen LogP contribution in [0.3, 0.4) is 0 Å². The maximum absolute atomic E-state index is 12.8. The Bertz CT molecular complexity index is 647. The third kappa shape index (κ3) is 5.18. The highest BCUT2D eigenvalue weighted by atomic mass is 16.5. The van der Waals surface area contributed by atoms with Gasteiger partial charge in [0.15, 0.2) is 0 Å². The number of hydrogen-bond donors (Lipinski definition) is 0. The molecule has 0 saturated carbocycles. The Morgan fingerprint density at radius 2 is 1.80 bits per heavy atom. The van der Waals surface area contributed by atoms with Gasteiger partial charge in [-0.15, -0.1) is 0 Å². The van der Waals surface area contributed by atoms with Crippen LogP contribution in [0.4, 0.5) is 0 Å². The molecule has 25 heavy (non-hydrogen) atoms. The SMILES string of the molecule is CC1CN(C(=O)CN(Cc2ccccc2)Cc2ccco2)CC(C)O1. The first-order chi connectivity index (χ1) is 12.1. The third-order valence-electron chi connectivity index (χ3n) is 4.34. The Kier molecular flexibility index (Phi) is 5.89. The number of hydrogen-bond acceptors (Lipinski definition) is 4. The summed E-state index contributed by atoms with van der Waals surface area (Å²) in [7, 11) is 0. The summed E-state index contributed by atoms with van der Waals surface area (Å²) in [6, 6.07) is 14.0. The quantitative estimate of drug-likeness (QED) is 0.810. The first-order valence-corrected chi connectivity index (χ1v) is 8.82. The summed E-state index contributed by atoms with van der Waals surface area (Å²) in [4.78, 5) is 16.9. The summed E-state index contributed by atoms with van der Waals surface area (Å²) < 4.78 is 11.2. The van der Waals surface area contributed by atoms with Gasteiger partial charge in [0.1, 0.15) is 5.76 Å². The zero-order valence-electron chi connectivity index (χ0n) is 14.9. The lowest BCUT2D eigenvalue weighted by atomic mass is 10.2. The smallest absolute Gasteiger partial charge is 0.236 e. The first kappa shape index (κ1) is 17.7. The van der Waals surface area contributed by atoms with Crippen molar-refractivity contribution in [1.29, 1.82) is 0 Å². The van der Waals surface area contributed by atoms with Gasteiger partial charge in [-0.3, -0.25) is 9.69 Å². The number of nitrogens with zero attached hydrogens (tertiary/aromatic N) is 2. The summed E-state index contributed by atoms with van der Waals surface area (Å²) >= 11 is 0. The van der Waals surface area contributed by atoms with E-state index in [1.165, 1.54) is 5.56 Å². The van der Waals surface area contributed by atoms with Gasteiger partial charge in [-0.2, -0.15) is 0 Å². The van der Waals surface area contributed by atoms with Crippen LogP contribution < -0.4 is 0 Å². The van der Waals surface area contributed by atoms with Gasteiger partial charge >= 0.3 is 0 Å². The molecule has 1 aromatic carbocycles. The maximum atomic E-state index is 12.8. The van der Waals surface area contributed by atoms with Crippen LogP contribution in [0.1, 0.15) is 25.2 Å². The average molecular weight is 342 g/mol. The van der Waals surface area contributed by atoms with Crippen LogP contribution in [-0.4, -0.2) is 47.5 Å². The van der Waals surface area contributed by atoms with Crippen molar-refractivity contribution in [2.24, 2.45) is 0 Å². The predicted octanol–water partition coefficient (Wildman–Crippen LogP) is 2.92. The van der Waals surface area contributed by atoms with Crippen LogP contribution >= 0.6 is 0 Å². The Labute approximate surface area is 149 Å². The average Bonchev–Trinajstić information content (AvgIpc) is 3.08. The van der Waals surface area contributed by atoms with Crippen LogP contribution in [0.15, 0.2) is 53.1 Å². The van der Waals surface area contributed by atoms with Crippen LogP contribution in [-0.2, 0) is 22.6 Å². The second-order valence-electron chi connectivity index (χ2n) is 6.77. The molecule has 0 spiro atoms. The van der Waals surface area contributed by atoms with Gasteiger partial charge in [0.05, 0.1) is 31.6 Å². The van der Waals surface area contributed by atoms with Crippen molar-refractivity contribution in [3.8, 4) is 0 Å². The predicted molar refractivity (Wildman–Crippen MR) is 95.9 cm³/mol. The van der Waals surface area contributed by atoms with Gasteiger partial charge in [0, 0.05) is 19.6 Å². The highest BCUT2D eigenvalue weighted by Crippen LogP contribution is 2.14. The fourth-order valence-corrected chi connectivity index (χ4v) is 3.31. The Balaban J connectivity index is 1.66. The van der Waals surface area contributed by atoms with E-state index in [9.17, 15) is 4.79 Å². The van der Waals surface area contributed by atoms with E-state index >= 15 is 0 Å². The molecule has 2 heterocycles. The summed E-state index contributed by atoms with van der Waals surface area (Å²) in [6.45, 7) is 7.04. The van der Waals surface area contributed by atoms with Crippen LogP contribution in [0, 0.1) is 0 Å². The monoisotopic (exact) mass is 342 g/mol. The molecule has 1 aliphatic heterocycles. The molecule has 1 aliphatic rings. The minimum Gasteiger partial charge on any atom is -0.468 e. The number of benzene rings is 1. The van der Waals surface area contributed by atoms with Crippen LogP contribution in [0.5, 0.6) is 0 Å². The van der Waals surface area contributed by atoms with E-state index in [4.69, 9.17) is 9.15 Å². The highest BCUT2D eigenvalue weighted by molar-refractivity contribution is 5.78. The fourth-order valence-electron chi connectivity index (χ4n) is 3.31. The molecule has 5 heteroatoms. The van der Waals surface area contributed by atoms with E-state index in [-0.39, 0.29) is 18.1 Å². The van der Waals surface area contributed by atoms with Crippen molar-refractivity contribution < 1.29 is 13.9 Å². The van der Waals surface area contributed by atoms with Crippen molar-refractivity contribution in [3.05, 3.63) is 60.1 Å². The van der Waals surface area contributed by atoms with E-state index in [0.717, 1.165) is 5.76 Å². The molecule has 2 aromatic rings. The van der Waals surface area contributed by atoms with Crippen molar-refractivity contribution in [2.45, 2.75) is 39.1 Å². The van der Waals surface area contributed by atoms with Gasteiger partial charge < -0.3 is 14.1 Å². The highest BCUT2D eigenvalue weighted by Gasteiger charge is 2.27. The van der Waals surface area contributed by atoms with E-state index in [1.807, 2.05) is 49.1 Å². The topological polar surface area (TPSA) is 45.9 Å². The zero-order chi connectivity index (χ0) is 17.6. The lowest BCUT2D eigenvalue weighted by Gasteiger charge is -2.36. The Hall–Kier alpha value is -2.11. The number of carbonyl (C=O) groups is 1. The minimum atomic E-state index is 0.0837. The van der Waals surface area contributed by atoms with Crippen molar-refractivity contribution in [3.63, 3.8) is 0 Å². The molecule has 2 unspecified atom stereocenters. The van der Waals surface area contributed by atoms with Gasteiger partial charge in [-0.1, -0.05) is 30.3 Å². The Morgan fingerprint density at radius 3 is 2.44 bits per heavy atom. The third-order valence-corrected chi connectivity index (χ3v) is 4.34. The van der Waals surface area contributed by atoms with Gasteiger partial charge in [0.25, 0.3) is 0 Å². The molecule has 0 bridgehead atoms. The number of ether oxygens (including phenoxy) is 1. The first-order valence-electron chi connectivity index (χ1n) is 8.82. The number of rotatable bonds is 6. The van der Waals surface area contributed by atoms with E-state index in [2.05, 4.69) is 17.0 Å². The molecular formula is C20H26N2O3. The number of morpholine rings is 1. The number of carbonyl (C=O) groups excluding carboxylic acids is 1. The van der Waals surface area contributed by atoms with E-state index < -0.39 is 0 Å². The molecule has 0 N–H and O–H groups in total. The van der Waals surface area contributed by atoms with Gasteiger partial charge in [0.2, 0.25) is 5.91 Å². The maximum Gasteiger partial charge on any atom is 0.236 e. The molecule has 134 valence electrons. The lowest BCUT2D eigenvalue weighted by molar-refractivity contribution is -0.144. The van der Waals surface area contributed by atoms with E-state index in [1.54, 1.807) is 6.26 Å². The molecule has 1 aromatic heterocycles. The minimum absolute atomic E-state index is 0.0837. The van der Waals surface area contributed by atoms with Crippen molar-refractivity contribution >= 4 is 5.91 Å². The molecular weight excluding hydrogens is 316 g/mol. The van der Waals surface area contributed by atoms with Crippen LogP contribution in [0.2, 0.25) is 0 Å². The molecule has 2 atom stereocenters. The van der Waals surface area contributed by atoms with Crippen molar-refractivity contribution in [2.75, 3.05) is 19.6 Å². The summed E-state index contributed by atoms with van der Waals surface area (Å²) in [6.07, 6.45) is 1.84. The second-order valence-corrected chi connectivity index (χ2v) is 6.77. The number of amides is 1. The van der Waals surface area contributed by atoms with Crippen molar-refractivity contribution in [1.82, 2.24) is 9.80 Å². The Morgan fingerprint density at radius 1 is 1.08 bits per heavy atom. The summed E-state index contributed by atoms with van der Waals surface area (Å²) in [5, 5.41) is 0. The molecule has 1 fully saturated rings. The van der Waals surface area contributed by atoms with Gasteiger partial charge in [-0.05, 0) is 31.5 Å². The fraction of sp³-hybridized carbons (Fsp3) is 0.450.